The number of rotatable bonds is 5. The fraction of sp³-hybridized carbons (Fsp3) is 0.231. The number of benzene rings is 1. The van der Waals surface area contributed by atoms with E-state index in [1.54, 1.807) is 6.08 Å². The minimum absolute atomic E-state index is 0.313. The fourth-order valence-corrected chi connectivity index (χ4v) is 1.29. The van der Waals surface area contributed by atoms with Crippen molar-refractivity contribution in [2.75, 3.05) is 6.54 Å². The summed E-state index contributed by atoms with van der Waals surface area (Å²) >= 11 is 0. The van der Waals surface area contributed by atoms with Crippen LogP contribution in [0.1, 0.15) is 11.1 Å². The van der Waals surface area contributed by atoms with Crippen LogP contribution in [0.4, 0.5) is 0 Å². The Morgan fingerprint density at radius 1 is 1.44 bits per heavy atom. The number of carboxylic acids is 1. The zero-order valence-corrected chi connectivity index (χ0v) is 9.96. The van der Waals surface area contributed by atoms with Crippen molar-refractivity contribution < 1.29 is 19.8 Å². The Labute approximate surface area is 105 Å². The van der Waals surface area contributed by atoms with Crippen LogP contribution in [0.25, 0.3) is 6.08 Å². The van der Waals surface area contributed by atoms with Crippen molar-refractivity contribution in [2.24, 2.45) is 0 Å². The van der Waals surface area contributed by atoms with E-state index in [0.29, 0.717) is 0 Å². The van der Waals surface area contributed by atoms with Gasteiger partial charge in [0.25, 0.3) is 0 Å². The van der Waals surface area contributed by atoms with Crippen LogP contribution >= 0.6 is 0 Å². The molecule has 0 radical (unpaired) electrons. The number of amides is 1. The van der Waals surface area contributed by atoms with Gasteiger partial charge in [0.15, 0.2) is 6.10 Å². The normalized spacial score (nSPS) is 12.3. The Bertz CT molecular complexity index is 468. The zero-order valence-electron chi connectivity index (χ0n) is 9.96. The minimum Gasteiger partial charge on any atom is -0.479 e. The number of hydrogen-bond acceptors (Lipinski definition) is 3. The van der Waals surface area contributed by atoms with E-state index in [0.717, 1.165) is 11.1 Å². The molecule has 0 bridgehead atoms. The molecular weight excluding hydrogens is 234 g/mol. The van der Waals surface area contributed by atoms with Crippen LogP contribution in [-0.2, 0) is 9.59 Å². The number of carbonyl (C=O) groups excluding carboxylic acids is 1. The first-order valence-corrected chi connectivity index (χ1v) is 5.42. The first-order chi connectivity index (χ1) is 8.49. The van der Waals surface area contributed by atoms with Gasteiger partial charge in [-0.1, -0.05) is 29.8 Å². The largest absolute Gasteiger partial charge is 0.479 e. The average molecular weight is 249 g/mol. The maximum absolute atomic E-state index is 11.3. The second-order valence-electron chi connectivity index (χ2n) is 3.85. The van der Waals surface area contributed by atoms with Gasteiger partial charge in [-0.05, 0) is 18.6 Å². The quantitative estimate of drug-likeness (QED) is 0.666. The molecule has 0 heterocycles. The summed E-state index contributed by atoms with van der Waals surface area (Å²) in [6.45, 7) is 1.63. The summed E-state index contributed by atoms with van der Waals surface area (Å²) in [7, 11) is 0. The van der Waals surface area contributed by atoms with Crippen LogP contribution in [-0.4, -0.2) is 34.7 Å². The Hall–Kier alpha value is -2.14. The van der Waals surface area contributed by atoms with Gasteiger partial charge in [0.2, 0.25) is 5.91 Å². The van der Waals surface area contributed by atoms with E-state index in [1.807, 2.05) is 31.2 Å². The SMILES string of the molecule is Cc1cccc(C=CC(=O)NCC(O)C(=O)O)c1. The van der Waals surface area contributed by atoms with Gasteiger partial charge in [0.05, 0.1) is 6.54 Å². The van der Waals surface area contributed by atoms with Gasteiger partial charge in [0.1, 0.15) is 0 Å². The Morgan fingerprint density at radius 3 is 2.78 bits per heavy atom. The third kappa shape index (κ3) is 4.80. The molecular formula is C13H15NO4. The third-order valence-electron chi connectivity index (χ3n) is 2.22. The maximum atomic E-state index is 11.3. The summed E-state index contributed by atoms with van der Waals surface area (Å²) in [4.78, 5) is 21.6. The number of nitrogens with one attached hydrogen (secondary N) is 1. The Morgan fingerprint density at radius 2 is 2.17 bits per heavy atom. The molecule has 18 heavy (non-hydrogen) atoms. The summed E-state index contributed by atoms with van der Waals surface area (Å²) in [5.74, 6) is -1.81. The molecule has 0 spiro atoms. The van der Waals surface area contributed by atoms with E-state index in [-0.39, 0.29) is 6.54 Å². The molecule has 1 rings (SSSR count). The Balaban J connectivity index is 2.47. The lowest BCUT2D eigenvalue weighted by Gasteiger charge is -2.05. The smallest absolute Gasteiger partial charge is 0.334 e. The number of aliphatic hydroxyl groups excluding tert-OH is 1. The number of carbonyl (C=O) groups is 2. The first-order valence-electron chi connectivity index (χ1n) is 5.42. The van der Waals surface area contributed by atoms with Crippen molar-refractivity contribution in [3.63, 3.8) is 0 Å². The van der Waals surface area contributed by atoms with E-state index < -0.39 is 18.0 Å². The lowest BCUT2D eigenvalue weighted by atomic mass is 10.1. The van der Waals surface area contributed by atoms with Crippen molar-refractivity contribution in [1.82, 2.24) is 5.32 Å². The van der Waals surface area contributed by atoms with E-state index in [4.69, 9.17) is 10.2 Å². The lowest BCUT2D eigenvalue weighted by Crippen LogP contribution is -2.35. The molecule has 0 aliphatic carbocycles. The van der Waals surface area contributed by atoms with Gasteiger partial charge in [0, 0.05) is 6.08 Å². The number of aryl methyl sites for hydroxylation is 1. The molecule has 0 aliphatic heterocycles. The average Bonchev–Trinajstić information content (AvgIpc) is 2.33. The molecule has 0 saturated heterocycles. The van der Waals surface area contributed by atoms with Gasteiger partial charge in [-0.3, -0.25) is 4.79 Å². The van der Waals surface area contributed by atoms with E-state index >= 15 is 0 Å². The summed E-state index contributed by atoms with van der Waals surface area (Å²) < 4.78 is 0. The molecule has 5 heteroatoms. The summed E-state index contributed by atoms with van der Waals surface area (Å²) in [5.41, 5.74) is 1.96. The van der Waals surface area contributed by atoms with Gasteiger partial charge in [-0.15, -0.1) is 0 Å². The number of hydrogen-bond donors (Lipinski definition) is 3. The number of aliphatic carboxylic acids is 1. The number of carboxylic acid groups (broad SMARTS) is 1. The summed E-state index contributed by atoms with van der Waals surface area (Å²) in [6.07, 6.45) is 1.33. The Kier molecular flexibility index (Phi) is 5.07. The molecule has 1 atom stereocenters. The molecule has 1 unspecified atom stereocenters. The van der Waals surface area contributed by atoms with E-state index in [2.05, 4.69) is 5.32 Å². The van der Waals surface area contributed by atoms with Gasteiger partial charge < -0.3 is 15.5 Å². The van der Waals surface area contributed by atoms with E-state index in [9.17, 15) is 9.59 Å². The third-order valence-corrected chi connectivity index (χ3v) is 2.22. The van der Waals surface area contributed by atoms with Gasteiger partial charge in [-0.25, -0.2) is 4.79 Å². The fourth-order valence-electron chi connectivity index (χ4n) is 1.29. The van der Waals surface area contributed by atoms with Crippen LogP contribution in [0.2, 0.25) is 0 Å². The van der Waals surface area contributed by atoms with Gasteiger partial charge in [-0.2, -0.15) is 0 Å². The number of aliphatic hydroxyl groups is 1. The van der Waals surface area contributed by atoms with Crippen molar-refractivity contribution >= 4 is 18.0 Å². The molecule has 0 saturated carbocycles. The van der Waals surface area contributed by atoms with Crippen LogP contribution < -0.4 is 5.32 Å². The predicted molar refractivity (Wildman–Crippen MR) is 66.9 cm³/mol. The highest BCUT2D eigenvalue weighted by molar-refractivity contribution is 5.92. The van der Waals surface area contributed by atoms with Gasteiger partial charge >= 0.3 is 5.97 Å². The highest BCUT2D eigenvalue weighted by atomic mass is 16.4. The molecule has 5 nitrogen and oxygen atoms in total. The summed E-state index contributed by atoms with van der Waals surface area (Å²) in [5, 5.41) is 19.7. The second-order valence-corrected chi connectivity index (χ2v) is 3.85. The zero-order chi connectivity index (χ0) is 13.5. The van der Waals surface area contributed by atoms with E-state index in [1.165, 1.54) is 6.08 Å². The van der Waals surface area contributed by atoms with Crippen LogP contribution in [0.5, 0.6) is 0 Å². The van der Waals surface area contributed by atoms with Crippen molar-refractivity contribution in [1.29, 1.82) is 0 Å². The van der Waals surface area contributed by atoms with Crippen LogP contribution in [0.15, 0.2) is 30.3 Å². The summed E-state index contributed by atoms with van der Waals surface area (Å²) in [6, 6.07) is 7.58. The molecule has 3 N–H and O–H groups in total. The molecule has 1 aromatic rings. The van der Waals surface area contributed by atoms with Crippen molar-refractivity contribution in [2.45, 2.75) is 13.0 Å². The monoisotopic (exact) mass is 249 g/mol. The van der Waals surface area contributed by atoms with Crippen LogP contribution in [0.3, 0.4) is 0 Å². The first kappa shape index (κ1) is 13.9. The van der Waals surface area contributed by atoms with Crippen molar-refractivity contribution in [3.8, 4) is 0 Å². The molecule has 0 aliphatic rings. The molecule has 1 amide bonds. The minimum atomic E-state index is -1.58. The van der Waals surface area contributed by atoms with Crippen molar-refractivity contribution in [3.05, 3.63) is 41.5 Å². The standard InChI is InChI=1S/C13H15NO4/c1-9-3-2-4-10(7-9)5-6-12(16)14-8-11(15)13(17)18/h2-7,11,15H,8H2,1H3,(H,14,16)(H,17,18). The maximum Gasteiger partial charge on any atom is 0.334 e. The lowest BCUT2D eigenvalue weighted by molar-refractivity contribution is -0.146. The second kappa shape index (κ2) is 6.56. The molecule has 0 fully saturated rings. The topological polar surface area (TPSA) is 86.6 Å². The predicted octanol–water partition coefficient (Wildman–Crippen LogP) is 0.570. The highest BCUT2D eigenvalue weighted by Crippen LogP contribution is 2.05. The highest BCUT2D eigenvalue weighted by Gasteiger charge is 2.12. The molecule has 0 aromatic heterocycles. The van der Waals surface area contributed by atoms with Crippen LogP contribution in [0, 0.1) is 6.92 Å². The molecule has 96 valence electrons. The molecule has 1 aromatic carbocycles.